The first-order valence-corrected chi connectivity index (χ1v) is 17.7. The Labute approximate surface area is 313 Å². The lowest BCUT2D eigenvalue weighted by atomic mass is 9.65. The summed E-state index contributed by atoms with van der Waals surface area (Å²) in [7, 11) is 1.60. The van der Waals surface area contributed by atoms with E-state index in [4.69, 9.17) is 9.47 Å². The van der Waals surface area contributed by atoms with Gasteiger partial charge in [-0.25, -0.2) is 0 Å². The molecule has 268 valence electrons. The molecule has 0 aromatic heterocycles. The van der Waals surface area contributed by atoms with E-state index in [1.807, 2.05) is 102 Å². The molecule has 0 radical (unpaired) electrons. The van der Waals surface area contributed by atoms with Crippen LogP contribution in [0.1, 0.15) is 51.6 Å². The molecule has 0 aliphatic carbocycles. The summed E-state index contributed by atoms with van der Waals surface area (Å²) in [6, 6.07) is 36.0. The molecule has 3 N–H and O–H groups in total. The van der Waals surface area contributed by atoms with Crippen molar-refractivity contribution >= 4 is 23.5 Å². The van der Waals surface area contributed by atoms with Crippen molar-refractivity contribution in [2.45, 2.75) is 29.6 Å². The Bertz CT molecular complexity index is 2300. The summed E-state index contributed by atoms with van der Waals surface area (Å²) < 4.78 is 11.7. The van der Waals surface area contributed by atoms with E-state index in [-0.39, 0.29) is 12.3 Å². The van der Waals surface area contributed by atoms with Gasteiger partial charge in [-0.05, 0) is 76.9 Å². The monoisotopic (exact) mass is 715 g/mol. The predicted octanol–water partition coefficient (Wildman–Crippen LogP) is 6.37. The standard InChI is InChI=1S/C45H37N3O6/c1-3-26-46-42(50)37-39-43(51)54-40(31-12-8-5-9-13-31)38(30-10-6-4-7-11-30)48(39)41(32-19-21-33(49)22-20-32)45(37)35-27-29(18-25-36(35)47-44(45)52)15-14-28-16-23-34(53-2)24-17-28/h3-13,16-25,27,37-41,49H,1,26H2,2H3,(H,46,50)(H,47,52). The van der Waals surface area contributed by atoms with Gasteiger partial charge >= 0.3 is 5.97 Å². The second-order valence-electron chi connectivity index (χ2n) is 13.6. The Hall–Kier alpha value is -6.63. The molecular weight excluding hydrogens is 679 g/mol. The largest absolute Gasteiger partial charge is 0.508 e. The van der Waals surface area contributed by atoms with Crippen LogP contribution in [0.15, 0.2) is 140 Å². The summed E-state index contributed by atoms with van der Waals surface area (Å²) in [5, 5.41) is 16.5. The van der Waals surface area contributed by atoms with Gasteiger partial charge in [-0.15, -0.1) is 6.58 Å². The number of phenols is 1. The highest BCUT2D eigenvalue weighted by atomic mass is 16.6. The number of nitrogens with zero attached hydrogens (tertiary/aromatic N) is 1. The van der Waals surface area contributed by atoms with Gasteiger partial charge in [-0.3, -0.25) is 19.3 Å². The molecular formula is C45H37N3O6. The maximum absolute atomic E-state index is 15.1. The summed E-state index contributed by atoms with van der Waals surface area (Å²) in [5.41, 5.74) is 3.03. The van der Waals surface area contributed by atoms with Crippen molar-refractivity contribution in [1.82, 2.24) is 10.2 Å². The number of esters is 1. The van der Waals surface area contributed by atoms with E-state index in [2.05, 4.69) is 29.1 Å². The number of morpholine rings is 1. The van der Waals surface area contributed by atoms with Crippen molar-refractivity contribution in [3.05, 3.63) is 173 Å². The van der Waals surface area contributed by atoms with Crippen LogP contribution in [0, 0.1) is 17.8 Å². The lowest BCUT2D eigenvalue weighted by Gasteiger charge is -2.46. The van der Waals surface area contributed by atoms with Crippen LogP contribution in [-0.4, -0.2) is 47.5 Å². The van der Waals surface area contributed by atoms with Gasteiger partial charge in [0.2, 0.25) is 11.8 Å². The van der Waals surface area contributed by atoms with Crippen molar-refractivity contribution in [2.24, 2.45) is 5.92 Å². The first-order chi connectivity index (χ1) is 26.3. The molecule has 9 heteroatoms. The number of benzene rings is 5. The first kappa shape index (κ1) is 34.5. The van der Waals surface area contributed by atoms with Gasteiger partial charge in [0.15, 0.2) is 0 Å². The second-order valence-corrected chi connectivity index (χ2v) is 13.6. The maximum atomic E-state index is 15.1. The number of ether oxygens (including phenoxy) is 2. The fourth-order valence-corrected chi connectivity index (χ4v) is 8.43. The van der Waals surface area contributed by atoms with Gasteiger partial charge in [0.1, 0.15) is 29.1 Å². The summed E-state index contributed by atoms with van der Waals surface area (Å²) in [6.07, 6.45) is 0.774. The van der Waals surface area contributed by atoms with Crippen LogP contribution in [0.5, 0.6) is 11.5 Å². The fraction of sp³-hybridized carbons (Fsp3) is 0.178. The molecule has 1 spiro atoms. The maximum Gasteiger partial charge on any atom is 0.324 e. The predicted molar refractivity (Wildman–Crippen MR) is 203 cm³/mol. The van der Waals surface area contributed by atoms with Crippen LogP contribution in [0.3, 0.4) is 0 Å². The van der Waals surface area contributed by atoms with Crippen LogP contribution >= 0.6 is 0 Å². The third kappa shape index (κ3) is 5.68. The number of amides is 2. The summed E-state index contributed by atoms with van der Waals surface area (Å²) in [6.45, 7) is 3.91. The zero-order chi connectivity index (χ0) is 37.4. The van der Waals surface area contributed by atoms with E-state index in [0.29, 0.717) is 28.1 Å². The highest BCUT2D eigenvalue weighted by molar-refractivity contribution is 6.12. The highest BCUT2D eigenvalue weighted by Crippen LogP contribution is 2.64. The van der Waals surface area contributed by atoms with Gasteiger partial charge in [0.05, 0.1) is 25.1 Å². The number of hydrogen-bond acceptors (Lipinski definition) is 7. The lowest BCUT2D eigenvalue weighted by Crippen LogP contribution is -2.54. The van der Waals surface area contributed by atoms with Crippen molar-refractivity contribution in [3.63, 3.8) is 0 Å². The Balaban J connectivity index is 1.39. The Morgan fingerprint density at radius 2 is 1.52 bits per heavy atom. The first-order valence-electron chi connectivity index (χ1n) is 17.7. The van der Waals surface area contributed by atoms with Gasteiger partial charge in [-0.2, -0.15) is 0 Å². The molecule has 54 heavy (non-hydrogen) atoms. The minimum Gasteiger partial charge on any atom is -0.508 e. The lowest BCUT2D eigenvalue weighted by molar-refractivity contribution is -0.178. The smallest absolute Gasteiger partial charge is 0.324 e. The van der Waals surface area contributed by atoms with Crippen LogP contribution in [0.25, 0.3) is 0 Å². The average Bonchev–Trinajstić information content (AvgIpc) is 3.68. The molecule has 0 bridgehead atoms. The number of methoxy groups -OCH3 is 1. The molecule has 2 fully saturated rings. The summed E-state index contributed by atoms with van der Waals surface area (Å²) >= 11 is 0. The van der Waals surface area contributed by atoms with Gasteiger partial charge in [0.25, 0.3) is 0 Å². The van der Waals surface area contributed by atoms with Crippen molar-refractivity contribution in [2.75, 3.05) is 19.0 Å². The van der Waals surface area contributed by atoms with Crippen LogP contribution < -0.4 is 15.4 Å². The number of fused-ring (bicyclic) bond motifs is 3. The van der Waals surface area contributed by atoms with Crippen LogP contribution in [-0.2, 0) is 24.5 Å². The number of hydrogen-bond donors (Lipinski definition) is 3. The van der Waals surface area contributed by atoms with E-state index in [0.717, 1.165) is 16.7 Å². The molecule has 9 nitrogen and oxygen atoms in total. The van der Waals surface area contributed by atoms with Gasteiger partial charge < -0.3 is 25.2 Å². The Morgan fingerprint density at radius 3 is 2.19 bits per heavy atom. The zero-order valence-electron chi connectivity index (χ0n) is 29.4. The zero-order valence-corrected chi connectivity index (χ0v) is 29.4. The van der Waals surface area contributed by atoms with Crippen LogP contribution in [0.4, 0.5) is 5.69 Å². The summed E-state index contributed by atoms with van der Waals surface area (Å²) in [5.74, 6) is 4.40. The summed E-state index contributed by atoms with van der Waals surface area (Å²) in [4.78, 5) is 46.6. The number of phenolic OH excluding ortho intramolecular Hbond substituents is 1. The minimum absolute atomic E-state index is 0.0369. The van der Waals surface area contributed by atoms with Gasteiger partial charge in [-0.1, -0.05) is 90.7 Å². The van der Waals surface area contributed by atoms with Crippen molar-refractivity contribution in [3.8, 4) is 23.3 Å². The average molecular weight is 716 g/mol. The highest BCUT2D eigenvalue weighted by Gasteiger charge is 2.74. The molecule has 2 amide bonds. The minimum atomic E-state index is -1.66. The third-order valence-corrected chi connectivity index (χ3v) is 10.7. The van der Waals surface area contributed by atoms with Gasteiger partial charge in [0, 0.05) is 23.4 Å². The molecule has 8 rings (SSSR count). The second kappa shape index (κ2) is 14.1. The van der Waals surface area contributed by atoms with E-state index in [1.165, 1.54) is 0 Å². The number of aromatic hydroxyl groups is 1. The van der Waals surface area contributed by atoms with Crippen molar-refractivity contribution in [1.29, 1.82) is 0 Å². The molecule has 2 saturated heterocycles. The molecule has 3 aliphatic heterocycles. The topological polar surface area (TPSA) is 117 Å². The van der Waals surface area contributed by atoms with Crippen molar-refractivity contribution < 1.29 is 29.0 Å². The van der Waals surface area contributed by atoms with E-state index < -0.39 is 53.3 Å². The molecule has 0 saturated carbocycles. The number of carbonyl (C=O) groups is 3. The molecule has 5 aromatic carbocycles. The fourth-order valence-electron chi connectivity index (χ4n) is 8.43. The van der Waals surface area contributed by atoms with E-state index in [1.54, 1.807) is 43.5 Å². The molecule has 5 aromatic rings. The Kier molecular flexibility index (Phi) is 8.98. The third-order valence-electron chi connectivity index (χ3n) is 10.7. The van der Waals surface area contributed by atoms with Crippen LogP contribution in [0.2, 0.25) is 0 Å². The number of carbonyl (C=O) groups excluding carboxylic acids is 3. The molecule has 6 unspecified atom stereocenters. The quantitative estimate of drug-likeness (QED) is 0.102. The Morgan fingerprint density at radius 1 is 0.870 bits per heavy atom. The normalized spacial score (nSPS) is 24.0. The van der Waals surface area contributed by atoms with E-state index >= 15 is 4.79 Å². The number of cyclic esters (lactones) is 1. The number of nitrogens with one attached hydrogen (secondary N) is 2. The molecule has 6 atom stereocenters. The molecule has 3 heterocycles. The molecule has 3 aliphatic rings. The van der Waals surface area contributed by atoms with E-state index in [9.17, 15) is 14.7 Å². The SMILES string of the molecule is C=CCNC(=O)C1C2C(=O)OC(c3ccccc3)C(c3ccccc3)N2C(c2ccc(O)cc2)C12C(=O)Nc1ccc(C#Cc3ccc(OC)cc3)cc12. The number of anilines is 1. The number of rotatable bonds is 7.